The van der Waals surface area contributed by atoms with Crippen molar-refractivity contribution in [3.8, 4) is 0 Å². The molecule has 1 amide bonds. The van der Waals surface area contributed by atoms with Crippen LogP contribution in [-0.2, 0) is 19.6 Å². The average Bonchev–Trinajstić information content (AvgIpc) is 2.78. The molecule has 9 heteroatoms. The number of sulfonamides is 1. The van der Waals surface area contributed by atoms with Crippen LogP contribution in [0.5, 0.6) is 0 Å². The van der Waals surface area contributed by atoms with Crippen molar-refractivity contribution in [3.05, 3.63) is 64.2 Å². The van der Waals surface area contributed by atoms with Crippen molar-refractivity contribution in [2.24, 2.45) is 0 Å². The van der Waals surface area contributed by atoms with Crippen molar-refractivity contribution in [2.45, 2.75) is 44.0 Å². The Morgan fingerprint density at radius 2 is 1.75 bits per heavy atom. The Labute approximate surface area is 193 Å². The van der Waals surface area contributed by atoms with Crippen LogP contribution >= 0.6 is 11.6 Å². The van der Waals surface area contributed by atoms with Crippen molar-refractivity contribution in [1.29, 1.82) is 0 Å². The zero-order valence-electron chi connectivity index (χ0n) is 18.1. The average molecular weight is 479 g/mol. The van der Waals surface area contributed by atoms with Crippen LogP contribution in [0.3, 0.4) is 0 Å². The van der Waals surface area contributed by atoms with E-state index in [1.807, 2.05) is 0 Å². The second-order valence-corrected chi connectivity index (χ2v) is 10.2. The molecule has 1 N–H and O–H groups in total. The van der Waals surface area contributed by atoms with Gasteiger partial charge in [-0.1, -0.05) is 36.2 Å². The molecule has 2 aromatic rings. The lowest BCUT2D eigenvalue weighted by molar-refractivity contribution is -0.124. The number of rotatable bonds is 7. The number of halogens is 1. The van der Waals surface area contributed by atoms with Gasteiger partial charge in [0.15, 0.2) is 6.61 Å². The lowest BCUT2D eigenvalue weighted by atomic mass is 10.1. The van der Waals surface area contributed by atoms with Crippen molar-refractivity contribution in [3.63, 3.8) is 0 Å². The third kappa shape index (κ3) is 5.88. The number of nitrogens with one attached hydrogen (secondary N) is 1. The van der Waals surface area contributed by atoms with Crippen LogP contribution in [0.1, 0.15) is 53.7 Å². The van der Waals surface area contributed by atoms with Gasteiger partial charge >= 0.3 is 5.97 Å². The number of hydrogen-bond acceptors (Lipinski definition) is 5. The second kappa shape index (κ2) is 10.5. The Morgan fingerprint density at radius 3 is 2.41 bits per heavy atom. The summed E-state index contributed by atoms with van der Waals surface area (Å²) in [5.74, 6) is -1.22. The molecule has 0 radical (unpaired) electrons. The van der Waals surface area contributed by atoms with E-state index in [0.717, 1.165) is 24.8 Å². The van der Waals surface area contributed by atoms with E-state index < -0.39 is 28.5 Å². The molecule has 32 heavy (non-hydrogen) atoms. The zero-order chi connectivity index (χ0) is 23.3. The maximum atomic E-state index is 13.0. The smallest absolute Gasteiger partial charge is 0.338 e. The molecule has 0 aromatic heterocycles. The molecular formula is C23H27ClN2O5S. The maximum Gasteiger partial charge on any atom is 0.338 e. The summed E-state index contributed by atoms with van der Waals surface area (Å²) in [6.45, 7) is 3.97. The first-order chi connectivity index (χ1) is 15.2. The number of amides is 1. The Kier molecular flexibility index (Phi) is 7.92. The summed E-state index contributed by atoms with van der Waals surface area (Å²) in [7, 11) is -3.69. The molecule has 1 atom stereocenters. The monoisotopic (exact) mass is 478 g/mol. The van der Waals surface area contributed by atoms with Crippen molar-refractivity contribution in [1.82, 2.24) is 9.62 Å². The largest absolute Gasteiger partial charge is 0.452 e. The van der Waals surface area contributed by atoms with Gasteiger partial charge in [0, 0.05) is 18.1 Å². The highest BCUT2D eigenvalue weighted by Gasteiger charge is 2.28. The first-order valence-electron chi connectivity index (χ1n) is 10.5. The molecule has 1 fully saturated rings. The molecule has 1 unspecified atom stereocenters. The molecule has 172 valence electrons. The fraction of sp³-hybridized carbons (Fsp3) is 0.391. The fourth-order valence-corrected chi connectivity index (χ4v) is 5.48. The number of ether oxygens (including phenoxy) is 1. The van der Waals surface area contributed by atoms with E-state index in [1.54, 1.807) is 44.2 Å². The van der Waals surface area contributed by atoms with Crippen molar-refractivity contribution >= 4 is 33.5 Å². The standard InChI is InChI=1S/C23H27ClN2O5S/c1-16-6-7-19(14-21(16)32(29,30)26-12-4-3-5-13-26)23(28)31-15-22(27)25-17(2)18-8-10-20(24)11-9-18/h6-11,14,17H,3-5,12-13,15H2,1-2H3,(H,25,27). The number of carbonyl (C=O) groups is 2. The van der Waals surface area contributed by atoms with Gasteiger partial charge in [-0.2, -0.15) is 4.31 Å². The summed E-state index contributed by atoms with van der Waals surface area (Å²) in [6.07, 6.45) is 2.66. The summed E-state index contributed by atoms with van der Waals surface area (Å²) >= 11 is 5.87. The molecule has 3 rings (SSSR count). The molecule has 1 aliphatic heterocycles. The van der Waals surface area contributed by atoms with E-state index in [9.17, 15) is 18.0 Å². The number of nitrogens with zero attached hydrogens (tertiary/aromatic N) is 1. The number of benzene rings is 2. The molecule has 0 bridgehead atoms. The molecule has 1 aliphatic rings. The topological polar surface area (TPSA) is 92.8 Å². The van der Waals surface area contributed by atoms with E-state index in [0.29, 0.717) is 23.7 Å². The first-order valence-corrected chi connectivity index (χ1v) is 12.3. The highest BCUT2D eigenvalue weighted by atomic mass is 35.5. The Balaban J connectivity index is 1.63. The number of carbonyl (C=O) groups excluding carboxylic acids is 2. The summed E-state index contributed by atoms with van der Waals surface area (Å²) in [6, 6.07) is 11.2. The highest BCUT2D eigenvalue weighted by Crippen LogP contribution is 2.24. The van der Waals surface area contributed by atoms with Gasteiger partial charge in [-0.3, -0.25) is 4.79 Å². The fourth-order valence-electron chi connectivity index (χ4n) is 3.58. The van der Waals surface area contributed by atoms with E-state index in [2.05, 4.69) is 5.32 Å². The van der Waals surface area contributed by atoms with Crippen molar-refractivity contribution in [2.75, 3.05) is 19.7 Å². The Hall–Kier alpha value is -2.42. The quantitative estimate of drug-likeness (QED) is 0.610. The summed E-state index contributed by atoms with van der Waals surface area (Å²) in [5.41, 5.74) is 1.51. The lowest BCUT2D eigenvalue weighted by Gasteiger charge is -2.26. The SMILES string of the molecule is Cc1ccc(C(=O)OCC(=O)NC(C)c2ccc(Cl)cc2)cc1S(=O)(=O)N1CCCCC1. The van der Waals surface area contributed by atoms with Crippen LogP contribution in [0.2, 0.25) is 5.02 Å². The van der Waals surface area contributed by atoms with Gasteiger partial charge in [0.1, 0.15) is 0 Å². The van der Waals surface area contributed by atoms with Crippen LogP contribution < -0.4 is 5.32 Å². The van der Waals surface area contributed by atoms with Gasteiger partial charge in [-0.25, -0.2) is 13.2 Å². The minimum absolute atomic E-state index is 0.0877. The number of piperidine rings is 1. The molecule has 7 nitrogen and oxygen atoms in total. The molecule has 2 aromatic carbocycles. The predicted octanol–water partition coefficient (Wildman–Crippen LogP) is 3.86. The first kappa shape index (κ1) is 24.2. The molecule has 0 saturated carbocycles. The molecular weight excluding hydrogens is 452 g/mol. The normalized spacial score (nSPS) is 15.7. The van der Waals surface area contributed by atoms with Gasteiger partial charge in [-0.15, -0.1) is 0 Å². The maximum absolute atomic E-state index is 13.0. The third-order valence-electron chi connectivity index (χ3n) is 5.44. The van der Waals surface area contributed by atoms with E-state index in [4.69, 9.17) is 16.3 Å². The summed E-state index contributed by atoms with van der Waals surface area (Å²) < 4.78 is 32.6. The minimum Gasteiger partial charge on any atom is -0.452 e. The Bertz CT molecular complexity index is 1080. The van der Waals surface area contributed by atoms with E-state index >= 15 is 0 Å². The second-order valence-electron chi connectivity index (χ2n) is 7.86. The number of esters is 1. The third-order valence-corrected chi connectivity index (χ3v) is 7.73. The lowest BCUT2D eigenvalue weighted by Crippen LogP contribution is -2.36. The van der Waals surface area contributed by atoms with Crippen molar-refractivity contribution < 1.29 is 22.7 Å². The molecule has 0 aliphatic carbocycles. The zero-order valence-corrected chi connectivity index (χ0v) is 19.7. The molecule has 1 saturated heterocycles. The minimum atomic E-state index is -3.69. The highest BCUT2D eigenvalue weighted by molar-refractivity contribution is 7.89. The van der Waals surface area contributed by atoms with E-state index in [-0.39, 0.29) is 16.5 Å². The number of hydrogen-bond donors (Lipinski definition) is 1. The van der Waals surface area contributed by atoms with Crippen LogP contribution in [0.15, 0.2) is 47.4 Å². The van der Waals surface area contributed by atoms with E-state index in [1.165, 1.54) is 16.4 Å². The van der Waals surface area contributed by atoms with Crippen LogP contribution in [0, 0.1) is 6.92 Å². The number of aryl methyl sites for hydroxylation is 1. The van der Waals surface area contributed by atoms with Crippen LogP contribution in [0.4, 0.5) is 0 Å². The summed E-state index contributed by atoms with van der Waals surface area (Å²) in [5, 5.41) is 3.35. The summed E-state index contributed by atoms with van der Waals surface area (Å²) in [4.78, 5) is 24.8. The van der Waals surface area contributed by atoms with Gasteiger partial charge in [0.25, 0.3) is 5.91 Å². The van der Waals surface area contributed by atoms with Gasteiger partial charge in [0.05, 0.1) is 16.5 Å². The van der Waals surface area contributed by atoms with Crippen LogP contribution in [-0.4, -0.2) is 44.3 Å². The van der Waals surface area contributed by atoms with Gasteiger partial charge < -0.3 is 10.1 Å². The molecule has 1 heterocycles. The van der Waals surface area contributed by atoms with Gasteiger partial charge in [-0.05, 0) is 62.1 Å². The van der Waals surface area contributed by atoms with Gasteiger partial charge in [0.2, 0.25) is 10.0 Å². The van der Waals surface area contributed by atoms with Crippen LogP contribution in [0.25, 0.3) is 0 Å². The Morgan fingerprint density at radius 1 is 1.09 bits per heavy atom. The predicted molar refractivity (Wildman–Crippen MR) is 122 cm³/mol. The molecule has 0 spiro atoms.